The Balaban J connectivity index is 1.93. The molecule has 1 aromatic carbocycles. The molecule has 3 rings (SSSR count). The molecule has 0 spiro atoms. The second-order valence-electron chi connectivity index (χ2n) is 5.74. The molecular weight excluding hydrogens is 290 g/mol. The third kappa shape index (κ3) is 3.26. The van der Waals surface area contributed by atoms with Gasteiger partial charge in [-0.15, -0.1) is 0 Å². The fraction of sp³-hybridized carbons (Fsp3) is 0.353. The highest BCUT2D eigenvalue weighted by atomic mass is 16.1. The SMILES string of the molecule is CNc1nc(C)cc(N2CCc3cccc(NC(C)=O)c3C2)n1. The average molecular weight is 311 g/mol. The standard InChI is InChI=1S/C17H21N5O/c1-11-9-16(21-17(18-3)19-11)22-8-7-13-5-4-6-15(14(13)10-22)20-12(2)23/h4-6,9H,7-8,10H2,1-3H3,(H,20,23)(H,18,19,21). The summed E-state index contributed by atoms with van der Waals surface area (Å²) in [6.07, 6.45) is 0.931. The van der Waals surface area contributed by atoms with E-state index in [1.165, 1.54) is 12.5 Å². The van der Waals surface area contributed by atoms with Gasteiger partial charge in [-0.2, -0.15) is 4.98 Å². The van der Waals surface area contributed by atoms with Crippen molar-refractivity contribution in [2.24, 2.45) is 0 Å². The van der Waals surface area contributed by atoms with E-state index in [0.717, 1.165) is 42.3 Å². The number of carbonyl (C=O) groups excluding carboxylic acids is 1. The molecule has 6 nitrogen and oxygen atoms in total. The second kappa shape index (κ2) is 6.24. The quantitative estimate of drug-likeness (QED) is 0.910. The van der Waals surface area contributed by atoms with Gasteiger partial charge in [-0.3, -0.25) is 4.79 Å². The normalized spacial score (nSPS) is 13.4. The van der Waals surface area contributed by atoms with Gasteiger partial charge in [0.05, 0.1) is 0 Å². The summed E-state index contributed by atoms with van der Waals surface area (Å²) in [6, 6.07) is 8.07. The average Bonchev–Trinajstić information content (AvgIpc) is 2.53. The first-order valence-corrected chi connectivity index (χ1v) is 7.73. The van der Waals surface area contributed by atoms with E-state index in [9.17, 15) is 4.79 Å². The van der Waals surface area contributed by atoms with Gasteiger partial charge in [0.25, 0.3) is 0 Å². The summed E-state index contributed by atoms with van der Waals surface area (Å²) in [6.45, 7) is 5.13. The molecule has 2 heterocycles. The molecule has 0 saturated heterocycles. The summed E-state index contributed by atoms with van der Waals surface area (Å²) >= 11 is 0. The lowest BCUT2D eigenvalue weighted by molar-refractivity contribution is -0.114. The van der Waals surface area contributed by atoms with Crippen molar-refractivity contribution in [3.8, 4) is 0 Å². The Bertz CT molecular complexity index is 744. The molecule has 2 aromatic rings. The molecule has 1 aromatic heterocycles. The van der Waals surface area contributed by atoms with Crippen molar-refractivity contribution in [3.05, 3.63) is 41.1 Å². The molecule has 0 saturated carbocycles. The number of hydrogen-bond acceptors (Lipinski definition) is 5. The lowest BCUT2D eigenvalue weighted by atomic mass is 9.98. The lowest BCUT2D eigenvalue weighted by Gasteiger charge is -2.31. The van der Waals surface area contributed by atoms with E-state index < -0.39 is 0 Å². The molecule has 120 valence electrons. The number of fused-ring (bicyclic) bond motifs is 1. The number of anilines is 3. The van der Waals surface area contributed by atoms with Crippen LogP contribution in [0.3, 0.4) is 0 Å². The third-order valence-electron chi connectivity index (χ3n) is 3.97. The first-order chi connectivity index (χ1) is 11.1. The van der Waals surface area contributed by atoms with Crippen molar-refractivity contribution in [2.45, 2.75) is 26.8 Å². The van der Waals surface area contributed by atoms with Crippen LogP contribution in [0.5, 0.6) is 0 Å². The van der Waals surface area contributed by atoms with Crippen LogP contribution in [-0.4, -0.2) is 29.5 Å². The summed E-state index contributed by atoms with van der Waals surface area (Å²) in [7, 11) is 1.82. The van der Waals surface area contributed by atoms with E-state index in [1.807, 2.05) is 32.2 Å². The maximum absolute atomic E-state index is 11.4. The van der Waals surface area contributed by atoms with Crippen LogP contribution >= 0.6 is 0 Å². The minimum absolute atomic E-state index is 0.0501. The van der Waals surface area contributed by atoms with Crippen LogP contribution in [0.25, 0.3) is 0 Å². The van der Waals surface area contributed by atoms with Crippen molar-refractivity contribution in [3.63, 3.8) is 0 Å². The van der Waals surface area contributed by atoms with Gasteiger partial charge in [0.15, 0.2) is 0 Å². The smallest absolute Gasteiger partial charge is 0.224 e. The van der Waals surface area contributed by atoms with Gasteiger partial charge in [-0.1, -0.05) is 12.1 Å². The first kappa shape index (κ1) is 15.3. The minimum Gasteiger partial charge on any atom is -0.357 e. The molecule has 0 aliphatic carbocycles. The lowest BCUT2D eigenvalue weighted by Crippen LogP contribution is -2.32. The molecule has 2 N–H and O–H groups in total. The topological polar surface area (TPSA) is 70.2 Å². The van der Waals surface area contributed by atoms with E-state index in [2.05, 4.69) is 31.6 Å². The molecule has 0 radical (unpaired) electrons. The molecule has 0 bridgehead atoms. The molecule has 1 aliphatic rings. The van der Waals surface area contributed by atoms with E-state index >= 15 is 0 Å². The van der Waals surface area contributed by atoms with E-state index in [4.69, 9.17) is 0 Å². The summed E-state index contributed by atoms with van der Waals surface area (Å²) in [5.74, 6) is 1.48. The number of benzene rings is 1. The Morgan fingerprint density at radius 2 is 2.13 bits per heavy atom. The van der Waals surface area contributed by atoms with Crippen molar-refractivity contribution >= 4 is 23.4 Å². The van der Waals surface area contributed by atoms with Gasteiger partial charge in [0.2, 0.25) is 11.9 Å². The summed E-state index contributed by atoms with van der Waals surface area (Å²) in [5, 5.41) is 5.93. The molecule has 1 amide bonds. The van der Waals surface area contributed by atoms with E-state index in [1.54, 1.807) is 0 Å². The van der Waals surface area contributed by atoms with Crippen molar-refractivity contribution in [2.75, 3.05) is 29.1 Å². The Morgan fingerprint density at radius 1 is 1.30 bits per heavy atom. The minimum atomic E-state index is -0.0501. The fourth-order valence-corrected chi connectivity index (χ4v) is 2.91. The Hall–Kier alpha value is -2.63. The zero-order valence-electron chi connectivity index (χ0n) is 13.7. The molecule has 23 heavy (non-hydrogen) atoms. The second-order valence-corrected chi connectivity index (χ2v) is 5.74. The predicted octanol–water partition coefficient (Wildman–Crippen LogP) is 2.35. The zero-order valence-corrected chi connectivity index (χ0v) is 13.7. The Morgan fingerprint density at radius 3 is 2.87 bits per heavy atom. The number of rotatable bonds is 3. The maximum atomic E-state index is 11.4. The Labute approximate surface area is 135 Å². The van der Waals surface area contributed by atoms with Crippen LogP contribution in [0, 0.1) is 6.92 Å². The number of amides is 1. The van der Waals surface area contributed by atoms with Crippen molar-refractivity contribution in [1.29, 1.82) is 0 Å². The number of aryl methyl sites for hydroxylation is 1. The van der Waals surface area contributed by atoms with Crippen LogP contribution in [0.1, 0.15) is 23.7 Å². The molecule has 0 atom stereocenters. The van der Waals surface area contributed by atoms with Gasteiger partial charge in [0.1, 0.15) is 5.82 Å². The van der Waals surface area contributed by atoms with Crippen LogP contribution in [0.4, 0.5) is 17.5 Å². The van der Waals surface area contributed by atoms with Gasteiger partial charge >= 0.3 is 0 Å². The summed E-state index contributed by atoms with van der Waals surface area (Å²) in [5.41, 5.74) is 4.27. The number of hydrogen-bond donors (Lipinski definition) is 2. The van der Waals surface area contributed by atoms with Crippen molar-refractivity contribution in [1.82, 2.24) is 9.97 Å². The third-order valence-corrected chi connectivity index (χ3v) is 3.97. The van der Waals surface area contributed by atoms with Crippen LogP contribution in [0.15, 0.2) is 24.3 Å². The van der Waals surface area contributed by atoms with Crippen molar-refractivity contribution < 1.29 is 4.79 Å². The molecule has 0 unspecified atom stereocenters. The number of carbonyl (C=O) groups is 1. The van der Waals surface area contributed by atoms with Crippen LogP contribution in [-0.2, 0) is 17.8 Å². The number of nitrogens with zero attached hydrogens (tertiary/aromatic N) is 3. The summed E-state index contributed by atoms with van der Waals surface area (Å²) < 4.78 is 0. The molecule has 6 heteroatoms. The zero-order chi connectivity index (χ0) is 16.4. The van der Waals surface area contributed by atoms with Gasteiger partial charge in [0, 0.05) is 44.5 Å². The highest BCUT2D eigenvalue weighted by Gasteiger charge is 2.21. The number of nitrogens with one attached hydrogen (secondary N) is 2. The van der Waals surface area contributed by atoms with Crippen LogP contribution in [0.2, 0.25) is 0 Å². The monoisotopic (exact) mass is 311 g/mol. The summed E-state index contributed by atoms with van der Waals surface area (Å²) in [4.78, 5) is 22.5. The first-order valence-electron chi connectivity index (χ1n) is 7.73. The maximum Gasteiger partial charge on any atom is 0.224 e. The van der Waals surface area contributed by atoms with Gasteiger partial charge in [-0.25, -0.2) is 4.98 Å². The predicted molar refractivity (Wildman–Crippen MR) is 91.8 cm³/mol. The molecular formula is C17H21N5O. The van der Waals surface area contributed by atoms with E-state index in [0.29, 0.717) is 5.95 Å². The fourth-order valence-electron chi connectivity index (χ4n) is 2.91. The highest BCUT2D eigenvalue weighted by molar-refractivity contribution is 5.89. The van der Waals surface area contributed by atoms with Gasteiger partial charge < -0.3 is 15.5 Å². The van der Waals surface area contributed by atoms with Gasteiger partial charge in [-0.05, 0) is 30.5 Å². The van der Waals surface area contributed by atoms with E-state index in [-0.39, 0.29) is 5.91 Å². The van der Waals surface area contributed by atoms with Crippen LogP contribution < -0.4 is 15.5 Å². The highest BCUT2D eigenvalue weighted by Crippen LogP contribution is 2.29. The molecule has 1 aliphatic heterocycles. The number of aromatic nitrogens is 2. The molecule has 0 fully saturated rings. The Kier molecular flexibility index (Phi) is 4.14. The largest absolute Gasteiger partial charge is 0.357 e.